The summed E-state index contributed by atoms with van der Waals surface area (Å²) in [6, 6.07) is 0. The van der Waals surface area contributed by atoms with Crippen LogP contribution in [-0.4, -0.2) is 59.1 Å². The van der Waals surface area contributed by atoms with Gasteiger partial charge in [-0.05, 0) is 0 Å². The van der Waals surface area contributed by atoms with Crippen LogP contribution in [-0.2, 0) is 4.79 Å². The molecule has 0 aromatic rings. The molecule has 0 radical (unpaired) electrons. The number of carbonyl (C=O) groups excluding carboxylic acids is 1. The van der Waals surface area contributed by atoms with Gasteiger partial charge in [0.2, 0.25) is 0 Å². The Labute approximate surface area is 70.4 Å². The van der Waals surface area contributed by atoms with Gasteiger partial charge in [0.25, 0.3) is 5.91 Å². The van der Waals surface area contributed by atoms with Crippen LogP contribution in [0.1, 0.15) is 0 Å². The van der Waals surface area contributed by atoms with Gasteiger partial charge in [-0.2, -0.15) is 0 Å². The van der Waals surface area contributed by atoms with Gasteiger partial charge in [-0.15, -0.1) is 0 Å². The normalized spacial score (nSPS) is 10.3. The highest BCUT2D eigenvalue weighted by Crippen LogP contribution is 1.85. The second-order valence-electron chi connectivity index (χ2n) is 2.26. The Bertz CT molecular complexity index is 125. The number of hydrogen-bond acceptors (Lipinski definition) is 5. The Morgan fingerprint density at radius 2 is 1.75 bits per heavy atom. The first-order valence-corrected chi connectivity index (χ1v) is 3.61. The van der Waals surface area contributed by atoms with Crippen molar-refractivity contribution in [2.45, 2.75) is 0 Å². The Balaban J connectivity index is 3.68. The Morgan fingerprint density at radius 3 is 2.08 bits per heavy atom. The van der Waals surface area contributed by atoms with Gasteiger partial charge in [-0.3, -0.25) is 14.9 Å². The van der Waals surface area contributed by atoms with Crippen molar-refractivity contribution in [3.05, 3.63) is 0 Å². The lowest BCUT2D eigenvalue weighted by molar-refractivity contribution is -0.130. The fourth-order valence-corrected chi connectivity index (χ4v) is 0.791. The van der Waals surface area contributed by atoms with Gasteiger partial charge < -0.3 is 10.2 Å². The molecule has 0 bridgehead atoms. The fourth-order valence-electron chi connectivity index (χ4n) is 0.791. The van der Waals surface area contributed by atoms with Crippen molar-refractivity contribution in [1.29, 1.82) is 0 Å². The molecule has 4 N–H and O–H groups in total. The lowest BCUT2D eigenvalue weighted by Crippen LogP contribution is -2.38. The van der Waals surface area contributed by atoms with Crippen molar-refractivity contribution >= 4 is 5.91 Å². The van der Waals surface area contributed by atoms with Crippen molar-refractivity contribution in [2.24, 2.45) is 0 Å². The minimum Gasteiger partial charge on any atom is -0.395 e. The number of hydrogen-bond donors (Lipinski definition) is 4. The van der Waals surface area contributed by atoms with Crippen molar-refractivity contribution < 1.29 is 20.2 Å². The van der Waals surface area contributed by atoms with Gasteiger partial charge in [-0.1, -0.05) is 0 Å². The van der Waals surface area contributed by atoms with E-state index in [1.54, 1.807) is 0 Å². The van der Waals surface area contributed by atoms with E-state index in [9.17, 15) is 4.79 Å². The molecule has 1 amide bonds. The molecule has 0 spiro atoms. The Kier molecular flexibility index (Phi) is 6.58. The van der Waals surface area contributed by atoms with E-state index >= 15 is 0 Å². The third-order valence-electron chi connectivity index (χ3n) is 1.32. The predicted octanol–water partition coefficient (Wildman–Crippen LogP) is -2.22. The molecule has 0 saturated heterocycles. The van der Waals surface area contributed by atoms with Crippen molar-refractivity contribution in [1.82, 2.24) is 10.4 Å². The van der Waals surface area contributed by atoms with Gasteiger partial charge in [0, 0.05) is 13.1 Å². The van der Waals surface area contributed by atoms with Crippen LogP contribution in [0.4, 0.5) is 0 Å². The lowest BCUT2D eigenvalue weighted by atomic mass is 10.4. The molecule has 0 heterocycles. The summed E-state index contributed by atoms with van der Waals surface area (Å²) >= 11 is 0. The van der Waals surface area contributed by atoms with Gasteiger partial charge in [0.05, 0.1) is 19.8 Å². The molecule has 0 aliphatic carbocycles. The molecule has 72 valence electrons. The molecule has 0 aromatic heterocycles. The minimum atomic E-state index is -0.558. The Hall–Kier alpha value is -0.690. The lowest BCUT2D eigenvalue weighted by Gasteiger charge is -2.18. The maximum atomic E-state index is 10.6. The van der Waals surface area contributed by atoms with Gasteiger partial charge in [0.15, 0.2) is 0 Å². The van der Waals surface area contributed by atoms with Crippen LogP contribution in [0.25, 0.3) is 0 Å². The number of nitrogens with zero attached hydrogens (tertiary/aromatic N) is 1. The summed E-state index contributed by atoms with van der Waals surface area (Å²) in [7, 11) is 0. The minimum absolute atomic E-state index is 0.0301. The predicted molar refractivity (Wildman–Crippen MR) is 40.5 cm³/mol. The highest BCUT2D eigenvalue weighted by atomic mass is 16.5. The van der Waals surface area contributed by atoms with E-state index < -0.39 is 5.91 Å². The molecule has 0 aliphatic heterocycles. The molecule has 0 rings (SSSR count). The molecule has 0 aromatic carbocycles. The molecule has 12 heavy (non-hydrogen) atoms. The number of aliphatic hydroxyl groups is 2. The molecule has 0 unspecified atom stereocenters. The molecule has 0 fully saturated rings. The summed E-state index contributed by atoms with van der Waals surface area (Å²) in [6.07, 6.45) is 0. The first kappa shape index (κ1) is 11.3. The summed E-state index contributed by atoms with van der Waals surface area (Å²) in [5.74, 6) is -0.558. The number of carbonyl (C=O) groups is 1. The maximum absolute atomic E-state index is 10.6. The average Bonchev–Trinajstić information content (AvgIpc) is 2.05. The second kappa shape index (κ2) is 6.99. The molecule has 0 saturated carbocycles. The zero-order chi connectivity index (χ0) is 9.40. The van der Waals surface area contributed by atoms with Gasteiger partial charge in [-0.25, -0.2) is 5.48 Å². The van der Waals surface area contributed by atoms with E-state index in [1.807, 2.05) is 0 Å². The first-order chi connectivity index (χ1) is 5.74. The number of amides is 1. The van der Waals surface area contributed by atoms with Crippen LogP contribution >= 0.6 is 0 Å². The third-order valence-corrected chi connectivity index (χ3v) is 1.32. The van der Waals surface area contributed by atoms with Crippen LogP contribution in [0.15, 0.2) is 0 Å². The summed E-state index contributed by atoms with van der Waals surface area (Å²) in [5, 5.41) is 25.2. The molecule has 6 nitrogen and oxygen atoms in total. The number of rotatable bonds is 6. The fraction of sp³-hybridized carbons (Fsp3) is 0.833. The summed E-state index contributed by atoms with van der Waals surface area (Å²) in [6.45, 7) is 0.400. The van der Waals surface area contributed by atoms with E-state index in [2.05, 4.69) is 0 Å². The van der Waals surface area contributed by atoms with Crippen LogP contribution in [0, 0.1) is 0 Å². The van der Waals surface area contributed by atoms with Crippen molar-refractivity contribution in [3.63, 3.8) is 0 Å². The monoisotopic (exact) mass is 178 g/mol. The number of nitrogens with one attached hydrogen (secondary N) is 1. The van der Waals surface area contributed by atoms with E-state index in [0.717, 1.165) is 0 Å². The molecular weight excluding hydrogens is 164 g/mol. The molecule has 6 heteroatoms. The molecular formula is C6H14N2O4. The Morgan fingerprint density at radius 1 is 1.25 bits per heavy atom. The first-order valence-electron chi connectivity index (χ1n) is 3.61. The van der Waals surface area contributed by atoms with Crippen molar-refractivity contribution in [2.75, 3.05) is 32.8 Å². The van der Waals surface area contributed by atoms with E-state index in [-0.39, 0.29) is 19.8 Å². The van der Waals surface area contributed by atoms with E-state index in [1.165, 1.54) is 10.4 Å². The van der Waals surface area contributed by atoms with Crippen LogP contribution in [0.5, 0.6) is 0 Å². The highest BCUT2D eigenvalue weighted by molar-refractivity contribution is 5.76. The standard InChI is InChI=1S/C6H14N2O4/c9-3-1-8(2-4-10)5-6(11)7-12/h9-10,12H,1-5H2,(H,7,11). The van der Waals surface area contributed by atoms with Crippen LogP contribution < -0.4 is 5.48 Å². The average molecular weight is 178 g/mol. The highest BCUT2D eigenvalue weighted by Gasteiger charge is 2.07. The van der Waals surface area contributed by atoms with Crippen LogP contribution in [0.3, 0.4) is 0 Å². The summed E-state index contributed by atoms with van der Waals surface area (Å²) in [4.78, 5) is 12.1. The quantitative estimate of drug-likeness (QED) is 0.273. The second-order valence-corrected chi connectivity index (χ2v) is 2.26. The zero-order valence-electron chi connectivity index (χ0n) is 6.73. The summed E-state index contributed by atoms with van der Waals surface area (Å²) < 4.78 is 0. The topological polar surface area (TPSA) is 93.0 Å². The van der Waals surface area contributed by atoms with Gasteiger partial charge >= 0.3 is 0 Å². The van der Waals surface area contributed by atoms with E-state index in [0.29, 0.717) is 13.1 Å². The van der Waals surface area contributed by atoms with Crippen molar-refractivity contribution in [3.8, 4) is 0 Å². The zero-order valence-corrected chi connectivity index (χ0v) is 6.73. The molecule has 0 aliphatic rings. The van der Waals surface area contributed by atoms with Crippen LogP contribution in [0.2, 0.25) is 0 Å². The van der Waals surface area contributed by atoms with E-state index in [4.69, 9.17) is 15.4 Å². The smallest absolute Gasteiger partial charge is 0.257 e. The largest absolute Gasteiger partial charge is 0.395 e. The third kappa shape index (κ3) is 5.03. The number of aliphatic hydroxyl groups excluding tert-OH is 2. The van der Waals surface area contributed by atoms with Gasteiger partial charge in [0.1, 0.15) is 0 Å². The SMILES string of the molecule is O=C(CN(CCO)CCO)NO. The summed E-state index contributed by atoms with van der Waals surface area (Å²) in [5.41, 5.74) is 1.47. The maximum Gasteiger partial charge on any atom is 0.257 e. The number of hydroxylamine groups is 1. The molecule has 0 atom stereocenters.